The molecule has 1 heterocycles. The highest BCUT2D eigenvalue weighted by Gasteiger charge is 2.29. The van der Waals surface area contributed by atoms with Gasteiger partial charge in [0.2, 0.25) is 5.13 Å². The van der Waals surface area contributed by atoms with E-state index in [1.54, 1.807) is 24.3 Å². The van der Waals surface area contributed by atoms with Crippen molar-refractivity contribution in [2.75, 3.05) is 11.9 Å². The highest BCUT2D eigenvalue weighted by molar-refractivity contribution is 7.18. The molecule has 2 rings (SSSR count). The number of benzene rings is 1. The number of aromatic nitrogens is 2. The summed E-state index contributed by atoms with van der Waals surface area (Å²) in [6, 6.07) is 9.04. The van der Waals surface area contributed by atoms with Gasteiger partial charge in [-0.2, -0.15) is 13.2 Å². The average Bonchev–Trinajstić information content (AvgIpc) is 2.85. The van der Waals surface area contributed by atoms with E-state index in [1.165, 1.54) is 0 Å². The lowest BCUT2D eigenvalue weighted by atomic mass is 10.2. The lowest BCUT2D eigenvalue weighted by Crippen LogP contribution is -2.23. The van der Waals surface area contributed by atoms with E-state index in [-0.39, 0.29) is 5.13 Å². The van der Waals surface area contributed by atoms with Crippen LogP contribution in [0.25, 0.3) is 10.6 Å². The van der Waals surface area contributed by atoms with Crippen LogP contribution in [-0.2, 0) is 4.74 Å². The molecular weight excluding hydrogens is 295 g/mol. The first kappa shape index (κ1) is 14.3. The fourth-order valence-corrected chi connectivity index (χ4v) is 1.98. The number of ether oxygens (including phenoxy) is 1. The maximum absolute atomic E-state index is 11.8. The Morgan fingerprint density at radius 2 is 1.95 bits per heavy atom. The molecule has 1 aromatic heterocycles. The number of halogens is 3. The molecule has 0 bridgehead atoms. The van der Waals surface area contributed by atoms with Crippen molar-refractivity contribution in [1.29, 1.82) is 0 Å². The highest BCUT2D eigenvalue weighted by Crippen LogP contribution is 2.26. The number of alkyl halides is 3. The van der Waals surface area contributed by atoms with E-state index >= 15 is 0 Å². The van der Waals surface area contributed by atoms with Crippen molar-refractivity contribution < 1.29 is 22.7 Å². The Hall–Kier alpha value is -2.16. The summed E-state index contributed by atoms with van der Waals surface area (Å²) in [7, 11) is 0. The minimum atomic E-state index is -4.56. The van der Waals surface area contributed by atoms with Crippen LogP contribution in [0.1, 0.15) is 0 Å². The number of hydrogen-bond acceptors (Lipinski definition) is 5. The van der Waals surface area contributed by atoms with Gasteiger partial charge in [-0.05, 0) is 0 Å². The number of carbonyl (C=O) groups is 1. The topological polar surface area (TPSA) is 64.1 Å². The number of anilines is 1. The van der Waals surface area contributed by atoms with E-state index in [1.807, 2.05) is 6.07 Å². The molecule has 9 heteroatoms. The van der Waals surface area contributed by atoms with Crippen LogP contribution in [0, 0.1) is 0 Å². The zero-order valence-corrected chi connectivity index (χ0v) is 10.7. The van der Waals surface area contributed by atoms with Crippen molar-refractivity contribution in [3.05, 3.63) is 30.3 Å². The number of nitrogens with zero attached hydrogens (tertiary/aromatic N) is 2. The molecule has 5 nitrogen and oxygen atoms in total. The summed E-state index contributed by atoms with van der Waals surface area (Å²) in [6.45, 7) is -1.65. The third kappa shape index (κ3) is 4.19. The van der Waals surface area contributed by atoms with Gasteiger partial charge in [0, 0.05) is 5.56 Å². The minimum Gasteiger partial charge on any atom is -0.440 e. The summed E-state index contributed by atoms with van der Waals surface area (Å²) < 4.78 is 39.5. The van der Waals surface area contributed by atoms with Gasteiger partial charge in [0.05, 0.1) is 0 Å². The first-order valence-corrected chi connectivity index (χ1v) is 6.15. The Bertz CT molecular complexity index is 586. The maximum atomic E-state index is 11.8. The van der Waals surface area contributed by atoms with Gasteiger partial charge in [0.1, 0.15) is 5.01 Å². The van der Waals surface area contributed by atoms with Gasteiger partial charge in [-0.1, -0.05) is 41.7 Å². The largest absolute Gasteiger partial charge is 0.440 e. The summed E-state index contributed by atoms with van der Waals surface area (Å²) >= 11 is 1.03. The summed E-state index contributed by atoms with van der Waals surface area (Å²) in [4.78, 5) is 11.1. The zero-order valence-electron chi connectivity index (χ0n) is 9.85. The van der Waals surface area contributed by atoms with Gasteiger partial charge in [0.25, 0.3) is 0 Å². The summed E-state index contributed by atoms with van der Waals surface area (Å²) in [6.07, 6.45) is -5.79. The van der Waals surface area contributed by atoms with E-state index in [4.69, 9.17) is 0 Å². The van der Waals surface area contributed by atoms with Crippen molar-refractivity contribution in [2.45, 2.75) is 6.18 Å². The highest BCUT2D eigenvalue weighted by atomic mass is 32.1. The smallest absolute Gasteiger partial charge is 0.422 e. The molecule has 20 heavy (non-hydrogen) atoms. The van der Waals surface area contributed by atoms with E-state index in [0.717, 1.165) is 16.9 Å². The molecule has 0 saturated carbocycles. The Morgan fingerprint density at radius 1 is 1.25 bits per heavy atom. The normalized spacial score (nSPS) is 11.2. The second kappa shape index (κ2) is 5.87. The number of hydrogen-bond donors (Lipinski definition) is 1. The molecule has 1 amide bonds. The van der Waals surface area contributed by atoms with Gasteiger partial charge < -0.3 is 4.74 Å². The summed E-state index contributed by atoms with van der Waals surface area (Å²) in [5.74, 6) is 0. The molecule has 0 unspecified atom stereocenters. The number of nitrogens with one attached hydrogen (secondary N) is 1. The Labute approximate surface area is 115 Å². The monoisotopic (exact) mass is 303 g/mol. The van der Waals surface area contributed by atoms with Crippen molar-refractivity contribution in [3.8, 4) is 10.6 Å². The molecule has 0 aliphatic rings. The molecule has 0 atom stereocenters. The van der Waals surface area contributed by atoms with Crippen molar-refractivity contribution in [1.82, 2.24) is 10.2 Å². The van der Waals surface area contributed by atoms with Crippen LogP contribution >= 0.6 is 11.3 Å². The molecule has 0 radical (unpaired) electrons. The summed E-state index contributed by atoms with van der Waals surface area (Å²) in [5, 5.41) is 10.2. The third-order valence-corrected chi connectivity index (χ3v) is 2.91. The fraction of sp³-hybridized carbons (Fsp3) is 0.182. The van der Waals surface area contributed by atoms with Gasteiger partial charge in [-0.25, -0.2) is 4.79 Å². The molecular formula is C11H8F3N3O2S. The van der Waals surface area contributed by atoms with E-state index < -0.39 is 18.9 Å². The molecule has 0 fully saturated rings. The van der Waals surface area contributed by atoms with Crippen LogP contribution in [0.4, 0.5) is 23.1 Å². The number of rotatable bonds is 3. The van der Waals surface area contributed by atoms with Crippen LogP contribution in [-0.4, -0.2) is 29.1 Å². The van der Waals surface area contributed by atoms with Crippen molar-refractivity contribution >= 4 is 22.6 Å². The van der Waals surface area contributed by atoms with Crippen molar-refractivity contribution in [2.24, 2.45) is 0 Å². The molecule has 1 N–H and O–H groups in total. The van der Waals surface area contributed by atoms with Gasteiger partial charge in [-0.15, -0.1) is 10.2 Å². The molecule has 1 aromatic carbocycles. The lowest BCUT2D eigenvalue weighted by molar-refractivity contribution is -0.159. The standard InChI is InChI=1S/C11H8F3N3O2S/c12-11(13,14)6-19-10(18)15-9-17-16-8(20-9)7-4-2-1-3-5-7/h1-5H,6H2,(H,15,17,18). The van der Waals surface area contributed by atoms with Crippen LogP contribution in [0.15, 0.2) is 30.3 Å². The number of amides is 1. The predicted octanol–water partition coefficient (Wildman–Crippen LogP) is 3.32. The maximum Gasteiger partial charge on any atom is 0.422 e. The second-order valence-corrected chi connectivity index (χ2v) is 4.57. The molecule has 0 spiro atoms. The van der Waals surface area contributed by atoms with Crippen LogP contribution in [0.5, 0.6) is 0 Å². The molecule has 0 aliphatic heterocycles. The molecule has 2 aromatic rings. The Balaban J connectivity index is 1.95. The van der Waals surface area contributed by atoms with E-state index in [0.29, 0.717) is 5.01 Å². The van der Waals surface area contributed by atoms with Crippen LogP contribution in [0.2, 0.25) is 0 Å². The van der Waals surface area contributed by atoms with E-state index in [2.05, 4.69) is 20.3 Å². The lowest BCUT2D eigenvalue weighted by Gasteiger charge is -2.06. The molecule has 0 aliphatic carbocycles. The Kier molecular flexibility index (Phi) is 4.18. The average molecular weight is 303 g/mol. The van der Waals surface area contributed by atoms with E-state index in [9.17, 15) is 18.0 Å². The Morgan fingerprint density at radius 3 is 2.60 bits per heavy atom. The zero-order chi connectivity index (χ0) is 14.6. The summed E-state index contributed by atoms with van der Waals surface area (Å²) in [5.41, 5.74) is 0.793. The predicted molar refractivity (Wildman–Crippen MR) is 66.4 cm³/mol. The van der Waals surface area contributed by atoms with Crippen LogP contribution in [0.3, 0.4) is 0 Å². The SMILES string of the molecule is O=C(Nc1nnc(-c2ccccc2)s1)OCC(F)(F)F. The minimum absolute atomic E-state index is 0.0658. The van der Waals surface area contributed by atoms with Crippen molar-refractivity contribution in [3.63, 3.8) is 0 Å². The second-order valence-electron chi connectivity index (χ2n) is 3.59. The van der Waals surface area contributed by atoms with Crippen LogP contribution < -0.4 is 5.32 Å². The first-order chi connectivity index (χ1) is 9.44. The number of carbonyl (C=O) groups excluding carboxylic acids is 1. The van der Waals surface area contributed by atoms with Gasteiger partial charge >= 0.3 is 12.3 Å². The fourth-order valence-electron chi connectivity index (χ4n) is 1.24. The molecule has 0 saturated heterocycles. The van der Waals surface area contributed by atoms with Gasteiger partial charge in [-0.3, -0.25) is 5.32 Å². The van der Waals surface area contributed by atoms with Gasteiger partial charge in [0.15, 0.2) is 6.61 Å². The first-order valence-electron chi connectivity index (χ1n) is 5.33. The third-order valence-electron chi connectivity index (χ3n) is 2.02. The molecule has 106 valence electrons. The quantitative estimate of drug-likeness (QED) is 0.944.